The van der Waals surface area contributed by atoms with Crippen LogP contribution in [-0.4, -0.2) is 17.6 Å². The predicted octanol–water partition coefficient (Wildman–Crippen LogP) is 3.48. The maximum absolute atomic E-state index is 11.9. The molecule has 25 heavy (non-hydrogen) atoms. The van der Waals surface area contributed by atoms with Gasteiger partial charge in [-0.2, -0.15) is 5.26 Å². The number of rotatable bonds is 5. The SMILES string of the molecule is CCOc1ccc(/C=C/C(=O)NC(=S)Nc2ccccc2C#N)cc1. The fourth-order valence-corrected chi connectivity index (χ4v) is 2.22. The minimum Gasteiger partial charge on any atom is -0.494 e. The van der Waals surface area contributed by atoms with Crippen LogP contribution in [0.2, 0.25) is 0 Å². The highest BCUT2D eigenvalue weighted by Gasteiger charge is 2.05. The van der Waals surface area contributed by atoms with Crippen molar-refractivity contribution in [2.24, 2.45) is 0 Å². The number of anilines is 1. The van der Waals surface area contributed by atoms with Crippen LogP contribution in [0.25, 0.3) is 6.08 Å². The summed E-state index contributed by atoms with van der Waals surface area (Å²) >= 11 is 5.09. The summed E-state index contributed by atoms with van der Waals surface area (Å²) in [7, 11) is 0. The van der Waals surface area contributed by atoms with Gasteiger partial charge < -0.3 is 10.1 Å². The zero-order chi connectivity index (χ0) is 18.1. The van der Waals surface area contributed by atoms with Crippen LogP contribution < -0.4 is 15.4 Å². The lowest BCUT2D eigenvalue weighted by Gasteiger charge is -2.09. The van der Waals surface area contributed by atoms with Crippen molar-refractivity contribution in [1.82, 2.24) is 5.32 Å². The lowest BCUT2D eigenvalue weighted by atomic mass is 10.2. The van der Waals surface area contributed by atoms with Crippen molar-refractivity contribution in [2.45, 2.75) is 6.92 Å². The van der Waals surface area contributed by atoms with E-state index < -0.39 is 0 Å². The molecule has 0 saturated carbocycles. The first kappa shape index (κ1) is 18.2. The molecular weight excluding hydrogens is 334 g/mol. The number of nitrogens with zero attached hydrogens (tertiary/aromatic N) is 1. The first-order valence-corrected chi connectivity index (χ1v) is 8.05. The van der Waals surface area contributed by atoms with Crippen LogP contribution in [0.15, 0.2) is 54.6 Å². The number of carbonyl (C=O) groups excluding carboxylic acids is 1. The van der Waals surface area contributed by atoms with Gasteiger partial charge in [0, 0.05) is 6.08 Å². The molecule has 2 N–H and O–H groups in total. The number of amides is 1. The summed E-state index contributed by atoms with van der Waals surface area (Å²) < 4.78 is 5.36. The average molecular weight is 351 g/mol. The van der Waals surface area contributed by atoms with Gasteiger partial charge in [-0.1, -0.05) is 24.3 Å². The van der Waals surface area contributed by atoms with Gasteiger partial charge in [0.05, 0.1) is 17.9 Å². The third-order valence-corrected chi connectivity index (χ3v) is 3.35. The summed E-state index contributed by atoms with van der Waals surface area (Å²) in [6.45, 7) is 2.53. The summed E-state index contributed by atoms with van der Waals surface area (Å²) in [6.07, 6.45) is 3.07. The number of nitrogens with one attached hydrogen (secondary N) is 2. The zero-order valence-electron chi connectivity index (χ0n) is 13.7. The van der Waals surface area contributed by atoms with Crippen LogP contribution in [0.5, 0.6) is 5.75 Å². The van der Waals surface area contributed by atoms with Gasteiger partial charge in [-0.25, -0.2) is 0 Å². The highest BCUT2D eigenvalue weighted by molar-refractivity contribution is 7.80. The molecular formula is C19H17N3O2S. The molecule has 0 spiro atoms. The Morgan fingerprint density at radius 1 is 1.24 bits per heavy atom. The van der Waals surface area contributed by atoms with Gasteiger partial charge in [-0.3, -0.25) is 10.1 Å². The Morgan fingerprint density at radius 3 is 2.64 bits per heavy atom. The molecule has 0 aliphatic heterocycles. The van der Waals surface area contributed by atoms with E-state index in [-0.39, 0.29) is 11.0 Å². The second-order valence-electron chi connectivity index (χ2n) is 4.94. The average Bonchev–Trinajstić information content (AvgIpc) is 2.62. The lowest BCUT2D eigenvalue weighted by Crippen LogP contribution is -2.33. The van der Waals surface area contributed by atoms with Crippen molar-refractivity contribution < 1.29 is 9.53 Å². The molecule has 126 valence electrons. The second kappa shape index (κ2) is 9.21. The first-order valence-electron chi connectivity index (χ1n) is 7.64. The van der Waals surface area contributed by atoms with Gasteiger partial charge in [0.25, 0.3) is 0 Å². The Balaban J connectivity index is 1.90. The van der Waals surface area contributed by atoms with Gasteiger partial charge in [0.15, 0.2) is 5.11 Å². The Morgan fingerprint density at radius 2 is 1.96 bits per heavy atom. The Bertz CT molecular complexity index is 823. The fraction of sp³-hybridized carbons (Fsp3) is 0.105. The van der Waals surface area contributed by atoms with Crippen molar-refractivity contribution in [3.8, 4) is 11.8 Å². The molecule has 0 fully saturated rings. The maximum Gasteiger partial charge on any atom is 0.250 e. The predicted molar refractivity (Wildman–Crippen MR) is 102 cm³/mol. The van der Waals surface area contributed by atoms with Crippen LogP contribution in [0.3, 0.4) is 0 Å². The molecule has 0 aromatic heterocycles. The normalized spacial score (nSPS) is 10.1. The third kappa shape index (κ3) is 5.75. The van der Waals surface area contributed by atoms with Crippen LogP contribution in [0.1, 0.15) is 18.1 Å². The van der Waals surface area contributed by atoms with Crippen molar-refractivity contribution in [3.05, 3.63) is 65.7 Å². The monoisotopic (exact) mass is 351 g/mol. The van der Waals surface area contributed by atoms with E-state index in [0.717, 1.165) is 11.3 Å². The topological polar surface area (TPSA) is 74.2 Å². The van der Waals surface area contributed by atoms with Crippen LogP contribution in [-0.2, 0) is 4.79 Å². The Hall–Kier alpha value is -3.17. The van der Waals surface area contributed by atoms with Gasteiger partial charge in [0.2, 0.25) is 5.91 Å². The number of nitriles is 1. The highest BCUT2D eigenvalue weighted by Crippen LogP contribution is 2.14. The summed E-state index contributed by atoms with van der Waals surface area (Å²) in [5, 5.41) is 14.5. The van der Waals surface area contributed by atoms with Gasteiger partial charge in [-0.15, -0.1) is 0 Å². The standard InChI is InChI=1S/C19H17N3O2S/c1-2-24-16-10-7-14(8-11-16)9-12-18(23)22-19(25)21-17-6-4-3-5-15(17)13-20/h3-12H,2H2,1H3,(H2,21,22,23,25)/b12-9+. The van der Waals surface area contributed by atoms with E-state index in [4.69, 9.17) is 22.2 Å². The zero-order valence-corrected chi connectivity index (χ0v) is 14.5. The Kier molecular flexibility index (Phi) is 6.69. The number of thiocarbonyl (C=S) groups is 1. The molecule has 0 aliphatic carbocycles. The fourth-order valence-electron chi connectivity index (χ4n) is 2.01. The minimum absolute atomic E-state index is 0.129. The van der Waals surface area contributed by atoms with E-state index >= 15 is 0 Å². The smallest absolute Gasteiger partial charge is 0.250 e. The largest absolute Gasteiger partial charge is 0.494 e. The molecule has 0 atom stereocenters. The van der Waals surface area contributed by atoms with Crippen molar-refractivity contribution in [3.63, 3.8) is 0 Å². The number of hydrogen-bond donors (Lipinski definition) is 2. The van der Waals surface area contributed by atoms with Crippen LogP contribution in [0, 0.1) is 11.3 Å². The van der Waals surface area contributed by atoms with Crippen molar-refractivity contribution >= 4 is 35.0 Å². The van der Waals surface area contributed by atoms with Crippen molar-refractivity contribution in [2.75, 3.05) is 11.9 Å². The molecule has 0 radical (unpaired) electrons. The third-order valence-electron chi connectivity index (χ3n) is 3.15. The van der Waals surface area contributed by atoms with E-state index in [1.165, 1.54) is 6.08 Å². The number of hydrogen-bond acceptors (Lipinski definition) is 4. The minimum atomic E-state index is -0.360. The molecule has 2 rings (SSSR count). The molecule has 0 bridgehead atoms. The summed E-state index contributed by atoms with van der Waals surface area (Å²) in [4.78, 5) is 11.9. The Labute approximate surface area is 151 Å². The molecule has 2 aromatic rings. The lowest BCUT2D eigenvalue weighted by molar-refractivity contribution is -0.115. The molecule has 0 heterocycles. The first-order chi connectivity index (χ1) is 12.1. The molecule has 1 amide bonds. The summed E-state index contributed by atoms with van der Waals surface area (Å²) in [5.74, 6) is 0.423. The number of ether oxygens (including phenoxy) is 1. The summed E-state index contributed by atoms with van der Waals surface area (Å²) in [6, 6.07) is 16.4. The number of para-hydroxylation sites is 1. The second-order valence-corrected chi connectivity index (χ2v) is 5.34. The van der Waals surface area contributed by atoms with Crippen LogP contribution >= 0.6 is 12.2 Å². The number of carbonyl (C=O) groups is 1. The molecule has 0 saturated heterocycles. The van der Waals surface area contributed by atoms with E-state index in [9.17, 15) is 4.79 Å². The molecule has 2 aromatic carbocycles. The van der Waals surface area contributed by atoms with E-state index in [1.54, 1.807) is 30.3 Å². The van der Waals surface area contributed by atoms with Gasteiger partial charge in [-0.05, 0) is 55.0 Å². The van der Waals surface area contributed by atoms with Gasteiger partial charge >= 0.3 is 0 Å². The maximum atomic E-state index is 11.9. The molecule has 5 nitrogen and oxygen atoms in total. The molecule has 0 aliphatic rings. The molecule has 0 unspecified atom stereocenters. The van der Waals surface area contributed by atoms with E-state index in [1.807, 2.05) is 31.2 Å². The van der Waals surface area contributed by atoms with E-state index in [2.05, 4.69) is 16.7 Å². The highest BCUT2D eigenvalue weighted by atomic mass is 32.1. The number of benzene rings is 2. The van der Waals surface area contributed by atoms with Gasteiger partial charge in [0.1, 0.15) is 11.8 Å². The van der Waals surface area contributed by atoms with Crippen LogP contribution in [0.4, 0.5) is 5.69 Å². The summed E-state index contributed by atoms with van der Waals surface area (Å²) in [5.41, 5.74) is 1.86. The quantitative estimate of drug-likeness (QED) is 0.637. The molecule has 6 heteroatoms. The van der Waals surface area contributed by atoms with E-state index in [0.29, 0.717) is 17.9 Å². The van der Waals surface area contributed by atoms with Crippen molar-refractivity contribution in [1.29, 1.82) is 5.26 Å².